The van der Waals surface area contributed by atoms with Crippen molar-refractivity contribution in [1.82, 2.24) is 0 Å². The molecule has 1 saturated heterocycles. The summed E-state index contributed by atoms with van der Waals surface area (Å²) < 4.78 is 0. The molecule has 1 aliphatic rings. The summed E-state index contributed by atoms with van der Waals surface area (Å²) in [6.07, 6.45) is 23.5. The molecule has 2 heteroatoms. The minimum atomic E-state index is 1.01. The van der Waals surface area contributed by atoms with E-state index in [-0.39, 0.29) is 0 Å². The molecule has 0 radical (unpaired) electrons. The van der Waals surface area contributed by atoms with Crippen LogP contribution in [0.5, 0.6) is 0 Å². The lowest BCUT2D eigenvalue weighted by atomic mass is 9.97. The highest BCUT2D eigenvalue weighted by Gasteiger charge is 2.24. The van der Waals surface area contributed by atoms with Crippen molar-refractivity contribution in [2.45, 2.75) is 123 Å². The first-order valence-electron chi connectivity index (χ1n) is 11.0. The second kappa shape index (κ2) is 18.8. The van der Waals surface area contributed by atoms with E-state index < -0.39 is 0 Å². The van der Waals surface area contributed by atoms with Gasteiger partial charge in [0.2, 0.25) is 0 Å². The van der Waals surface area contributed by atoms with Crippen molar-refractivity contribution in [1.29, 1.82) is 5.26 Å². The minimum absolute atomic E-state index is 1.01. The molecule has 2 atom stereocenters. The van der Waals surface area contributed by atoms with Crippen LogP contribution >= 0.6 is 0 Å². The van der Waals surface area contributed by atoms with E-state index in [9.17, 15) is 0 Å². The van der Waals surface area contributed by atoms with Gasteiger partial charge in [-0.1, -0.05) is 71.6 Å². The van der Waals surface area contributed by atoms with Crippen LogP contribution in [0, 0.1) is 11.8 Å². The summed E-state index contributed by atoms with van der Waals surface area (Å²) in [4.78, 5) is 1.96. The van der Waals surface area contributed by atoms with E-state index in [0.717, 1.165) is 6.04 Å². The summed E-state index contributed by atoms with van der Waals surface area (Å²) in [5, 5.41) is 6.25. The zero-order valence-electron chi connectivity index (χ0n) is 16.8. The highest BCUT2D eigenvalue weighted by atomic mass is 15.2. The molecule has 0 bridgehead atoms. The van der Waals surface area contributed by atoms with Crippen LogP contribution in [0.15, 0.2) is 0 Å². The lowest BCUT2D eigenvalue weighted by Gasteiger charge is -2.32. The molecule has 0 spiro atoms. The molecule has 0 aromatic rings. The van der Waals surface area contributed by atoms with Gasteiger partial charge in [0, 0.05) is 0 Å². The molecule has 142 valence electrons. The zero-order chi connectivity index (χ0) is 17.9. The van der Waals surface area contributed by atoms with Gasteiger partial charge < -0.3 is 16.7 Å². The Labute approximate surface area is 153 Å². The van der Waals surface area contributed by atoms with Crippen molar-refractivity contribution in [2.24, 2.45) is 0 Å². The van der Waals surface area contributed by atoms with Crippen molar-refractivity contribution >= 4 is 0 Å². The Kier molecular flexibility index (Phi) is 18.4. The first-order valence-corrected chi connectivity index (χ1v) is 11.0. The predicted octanol–water partition coefficient (Wildman–Crippen LogP) is 5.63. The highest BCUT2D eigenvalue weighted by molar-refractivity contribution is 4.62. The van der Waals surface area contributed by atoms with Gasteiger partial charge in [-0.3, -0.25) is 0 Å². The maximum absolute atomic E-state index is 6.25. The van der Waals surface area contributed by atoms with E-state index in [2.05, 4.69) is 13.8 Å². The first-order chi connectivity index (χ1) is 11.9. The third kappa shape index (κ3) is 12.8. The Hall–Kier alpha value is -0.550. The fourth-order valence-corrected chi connectivity index (χ4v) is 4.12. The number of nitrogens with zero attached hydrogens (tertiary/aromatic N) is 1. The molecule has 0 aromatic heterocycles. The molecule has 1 rings (SSSR count). The fourth-order valence-electron chi connectivity index (χ4n) is 4.12. The van der Waals surface area contributed by atoms with Gasteiger partial charge in [0.15, 0.2) is 0 Å². The molecule has 1 aliphatic heterocycles. The van der Waals surface area contributed by atoms with Crippen molar-refractivity contribution in [3.63, 3.8) is 0 Å². The molecule has 2 unspecified atom stereocenters. The Morgan fingerprint density at radius 1 is 0.750 bits per heavy atom. The van der Waals surface area contributed by atoms with E-state index in [1.807, 2.05) is 4.90 Å². The molecule has 1 heterocycles. The lowest BCUT2D eigenvalue weighted by Crippen LogP contribution is -3.16. The molecule has 24 heavy (non-hydrogen) atoms. The second-order valence-corrected chi connectivity index (χ2v) is 7.68. The molecule has 2 nitrogen and oxygen atoms in total. The van der Waals surface area contributed by atoms with Gasteiger partial charge >= 0.3 is 0 Å². The summed E-state index contributed by atoms with van der Waals surface area (Å²) in [5.41, 5.74) is 0. The monoisotopic (exact) mass is 336 g/mol. The van der Waals surface area contributed by atoms with Crippen molar-refractivity contribution in [3.8, 4) is 0 Å². The van der Waals surface area contributed by atoms with Crippen LogP contribution in [0.4, 0.5) is 0 Å². The standard InChI is InChI=1S/C21H43N.CN/c1-3-5-7-8-9-10-11-12-13-15-19-22-20-16-14-18-21(22)17-6-4-2;1-2/h21H,3-20H2,1-2H3;/q;-1/p+1. The number of rotatable bonds is 14. The largest absolute Gasteiger partial charge is 0.512 e. The first kappa shape index (κ1) is 23.4. The van der Waals surface area contributed by atoms with Crippen molar-refractivity contribution < 1.29 is 4.90 Å². The van der Waals surface area contributed by atoms with Crippen molar-refractivity contribution in [3.05, 3.63) is 6.57 Å². The molecule has 0 amide bonds. The van der Waals surface area contributed by atoms with Crippen LogP contribution in [0.1, 0.15) is 117 Å². The molecule has 0 saturated carbocycles. The number of nitrogens with one attached hydrogen (secondary N) is 1. The van der Waals surface area contributed by atoms with Gasteiger partial charge in [-0.15, -0.1) is 0 Å². The van der Waals surface area contributed by atoms with Gasteiger partial charge in [0.05, 0.1) is 19.1 Å². The summed E-state index contributed by atoms with van der Waals surface area (Å²) in [5.74, 6) is 0. The minimum Gasteiger partial charge on any atom is -0.512 e. The van der Waals surface area contributed by atoms with Crippen LogP contribution in [-0.2, 0) is 0 Å². The number of piperidine rings is 1. The number of likely N-dealkylation sites (tertiary alicyclic amines) is 1. The van der Waals surface area contributed by atoms with Gasteiger partial charge in [-0.2, -0.15) is 0 Å². The predicted molar refractivity (Wildman–Crippen MR) is 105 cm³/mol. The summed E-state index contributed by atoms with van der Waals surface area (Å²) in [6.45, 7) is 12.3. The highest BCUT2D eigenvalue weighted by Crippen LogP contribution is 2.11. The average Bonchev–Trinajstić information content (AvgIpc) is 2.64. The maximum atomic E-state index is 6.25. The van der Waals surface area contributed by atoms with Crippen LogP contribution in [-0.4, -0.2) is 19.1 Å². The van der Waals surface area contributed by atoms with E-state index >= 15 is 0 Å². The summed E-state index contributed by atoms with van der Waals surface area (Å²) in [7, 11) is 0. The maximum Gasteiger partial charge on any atom is 0.0874 e. The number of unbranched alkanes of at least 4 members (excludes halogenated alkanes) is 10. The number of quaternary nitrogens is 1. The number of hydrogen-bond acceptors (Lipinski definition) is 1. The fraction of sp³-hybridized carbons (Fsp3) is 0.955. The van der Waals surface area contributed by atoms with E-state index in [0.29, 0.717) is 0 Å². The smallest absolute Gasteiger partial charge is 0.0874 e. The Morgan fingerprint density at radius 2 is 1.29 bits per heavy atom. The number of hydrogen-bond donors (Lipinski definition) is 1. The molecule has 1 N–H and O–H groups in total. The molecule has 0 aliphatic carbocycles. The third-order valence-corrected chi connectivity index (χ3v) is 5.64. The van der Waals surface area contributed by atoms with Gasteiger partial charge in [-0.05, 0) is 44.9 Å². The van der Waals surface area contributed by atoms with Crippen LogP contribution in [0.3, 0.4) is 0 Å². The normalized spacial score (nSPS) is 20.3. The topological polar surface area (TPSA) is 28.2 Å². The third-order valence-electron chi connectivity index (χ3n) is 5.64. The van der Waals surface area contributed by atoms with Crippen LogP contribution in [0.2, 0.25) is 0 Å². The Morgan fingerprint density at radius 3 is 1.88 bits per heavy atom. The summed E-state index contributed by atoms with van der Waals surface area (Å²) >= 11 is 0. The Bertz CT molecular complexity index is 262. The quantitative estimate of drug-likeness (QED) is 0.323. The van der Waals surface area contributed by atoms with E-state index in [4.69, 9.17) is 11.8 Å². The Balaban J connectivity index is 0.00000254. The van der Waals surface area contributed by atoms with Gasteiger partial charge in [0.1, 0.15) is 0 Å². The van der Waals surface area contributed by atoms with Gasteiger partial charge in [-0.25, -0.2) is 0 Å². The molecular formula is C22H44N2. The van der Waals surface area contributed by atoms with Gasteiger partial charge in [0.25, 0.3) is 0 Å². The van der Waals surface area contributed by atoms with E-state index in [1.165, 1.54) is 116 Å². The van der Waals surface area contributed by atoms with Crippen LogP contribution in [0.25, 0.3) is 0 Å². The lowest BCUT2D eigenvalue weighted by molar-refractivity contribution is -0.931. The molecular weight excluding hydrogens is 292 g/mol. The average molecular weight is 337 g/mol. The second-order valence-electron chi connectivity index (χ2n) is 7.68. The summed E-state index contributed by atoms with van der Waals surface area (Å²) in [6, 6.07) is 1.01. The zero-order valence-corrected chi connectivity index (χ0v) is 16.8. The van der Waals surface area contributed by atoms with E-state index in [1.54, 1.807) is 0 Å². The SMILES string of the molecule is CCCCCCCCCCCC[NH+]1CCCCC1CCCC.[C-]#N. The molecule has 0 aromatic carbocycles. The molecule has 1 fully saturated rings. The van der Waals surface area contributed by atoms with Crippen molar-refractivity contribution in [2.75, 3.05) is 13.1 Å². The van der Waals surface area contributed by atoms with Crippen LogP contribution < -0.4 is 4.90 Å².